The van der Waals surface area contributed by atoms with E-state index in [4.69, 9.17) is 9.15 Å². The molecular formula is C21H21FN2O3. The Hall–Kier alpha value is -2.70. The van der Waals surface area contributed by atoms with Crippen LogP contribution in [0.25, 0.3) is 11.0 Å². The minimum Gasteiger partial charge on any atom is -0.451 e. The Balaban J connectivity index is 1.50. The predicted molar refractivity (Wildman–Crippen MR) is 100 cm³/mol. The zero-order valence-electron chi connectivity index (χ0n) is 14.9. The summed E-state index contributed by atoms with van der Waals surface area (Å²) in [4.78, 5) is 14.8. The first kappa shape index (κ1) is 17.7. The molecule has 0 radical (unpaired) electrons. The summed E-state index contributed by atoms with van der Waals surface area (Å²) in [6.07, 6.45) is 0. The van der Waals surface area contributed by atoms with E-state index < -0.39 is 0 Å². The molecule has 4 rings (SSSR count). The van der Waals surface area contributed by atoms with Gasteiger partial charge in [0.2, 0.25) is 0 Å². The molecule has 1 fully saturated rings. The molecule has 1 atom stereocenters. The van der Waals surface area contributed by atoms with Gasteiger partial charge >= 0.3 is 0 Å². The highest BCUT2D eigenvalue weighted by molar-refractivity contribution is 5.96. The number of carbonyl (C=O) groups excluding carboxylic acids is 1. The second-order valence-electron chi connectivity index (χ2n) is 6.57. The van der Waals surface area contributed by atoms with E-state index in [1.165, 1.54) is 12.1 Å². The van der Waals surface area contributed by atoms with E-state index in [2.05, 4.69) is 10.2 Å². The zero-order chi connectivity index (χ0) is 18.6. The number of carbonyl (C=O) groups is 1. The lowest BCUT2D eigenvalue weighted by atomic mass is 10.0. The molecule has 1 amide bonds. The van der Waals surface area contributed by atoms with Crippen LogP contribution < -0.4 is 5.32 Å². The highest BCUT2D eigenvalue weighted by Crippen LogP contribution is 2.23. The first-order valence-electron chi connectivity index (χ1n) is 9.05. The van der Waals surface area contributed by atoms with Gasteiger partial charge in [-0.3, -0.25) is 9.69 Å². The molecular weight excluding hydrogens is 347 g/mol. The fraction of sp³-hybridized carbons (Fsp3) is 0.286. The molecule has 0 unspecified atom stereocenters. The van der Waals surface area contributed by atoms with Crippen molar-refractivity contribution < 1.29 is 18.3 Å². The van der Waals surface area contributed by atoms with Crippen molar-refractivity contribution in [1.82, 2.24) is 10.2 Å². The van der Waals surface area contributed by atoms with Crippen LogP contribution in [0.4, 0.5) is 4.39 Å². The largest absolute Gasteiger partial charge is 0.451 e. The summed E-state index contributed by atoms with van der Waals surface area (Å²) < 4.78 is 24.4. The van der Waals surface area contributed by atoms with Gasteiger partial charge < -0.3 is 14.5 Å². The topological polar surface area (TPSA) is 54.7 Å². The number of amides is 1. The van der Waals surface area contributed by atoms with Crippen molar-refractivity contribution in [2.45, 2.75) is 6.04 Å². The minimum absolute atomic E-state index is 0.0529. The number of para-hydroxylation sites is 1. The SMILES string of the molecule is O=C(NC[C@@H](c1ccc(F)cc1)N1CCOCC1)c1cc2ccccc2o1. The molecule has 0 spiro atoms. The number of nitrogens with one attached hydrogen (secondary N) is 1. The van der Waals surface area contributed by atoms with Crippen LogP contribution in [0.5, 0.6) is 0 Å². The first-order valence-corrected chi connectivity index (χ1v) is 9.05. The lowest BCUT2D eigenvalue weighted by molar-refractivity contribution is 0.0161. The standard InChI is InChI=1S/C21H21FN2O3/c22-17-7-5-15(6-8-17)18(24-9-11-26-12-10-24)14-23-21(25)20-13-16-3-1-2-4-19(16)27-20/h1-8,13,18H,9-12,14H2,(H,23,25)/t18-/m0/s1. The monoisotopic (exact) mass is 368 g/mol. The number of nitrogens with zero attached hydrogens (tertiary/aromatic N) is 1. The third-order valence-corrected chi connectivity index (χ3v) is 4.85. The van der Waals surface area contributed by atoms with Crippen LogP contribution in [0.2, 0.25) is 0 Å². The molecule has 5 nitrogen and oxygen atoms in total. The zero-order valence-corrected chi connectivity index (χ0v) is 14.9. The summed E-state index contributed by atoms with van der Waals surface area (Å²) in [5, 5.41) is 3.86. The Kier molecular flexibility index (Phi) is 5.18. The Morgan fingerprint density at radius 3 is 2.59 bits per heavy atom. The van der Waals surface area contributed by atoms with Crippen LogP contribution in [-0.4, -0.2) is 43.7 Å². The van der Waals surface area contributed by atoms with E-state index in [9.17, 15) is 9.18 Å². The number of morpholine rings is 1. The molecule has 2 heterocycles. The molecule has 3 aromatic rings. The molecule has 0 saturated carbocycles. The predicted octanol–water partition coefficient (Wildman–Crippen LogP) is 3.38. The average molecular weight is 368 g/mol. The normalized spacial score (nSPS) is 16.3. The van der Waals surface area contributed by atoms with Gasteiger partial charge in [-0.15, -0.1) is 0 Å². The molecule has 0 aliphatic carbocycles. The maximum Gasteiger partial charge on any atom is 0.287 e. The number of hydrogen-bond donors (Lipinski definition) is 1. The third kappa shape index (κ3) is 4.02. The molecule has 140 valence electrons. The van der Waals surface area contributed by atoms with E-state index in [1.807, 2.05) is 24.3 Å². The smallest absolute Gasteiger partial charge is 0.287 e. The van der Waals surface area contributed by atoms with Crippen molar-refractivity contribution >= 4 is 16.9 Å². The number of furan rings is 1. The number of rotatable bonds is 5. The summed E-state index contributed by atoms with van der Waals surface area (Å²) in [6, 6.07) is 15.6. The van der Waals surface area contributed by atoms with Gasteiger partial charge in [-0.05, 0) is 29.8 Å². The summed E-state index contributed by atoms with van der Waals surface area (Å²) >= 11 is 0. The van der Waals surface area contributed by atoms with Crippen molar-refractivity contribution in [1.29, 1.82) is 0 Å². The molecule has 0 bridgehead atoms. The molecule has 27 heavy (non-hydrogen) atoms. The highest BCUT2D eigenvalue weighted by atomic mass is 19.1. The van der Waals surface area contributed by atoms with Crippen LogP contribution >= 0.6 is 0 Å². The van der Waals surface area contributed by atoms with Crippen molar-refractivity contribution in [2.24, 2.45) is 0 Å². The van der Waals surface area contributed by atoms with E-state index in [1.54, 1.807) is 18.2 Å². The second-order valence-corrected chi connectivity index (χ2v) is 6.57. The van der Waals surface area contributed by atoms with Gasteiger partial charge in [0.05, 0.1) is 19.3 Å². The number of hydrogen-bond acceptors (Lipinski definition) is 4. The molecule has 6 heteroatoms. The molecule has 1 saturated heterocycles. The van der Waals surface area contributed by atoms with Crippen LogP contribution in [0, 0.1) is 5.82 Å². The van der Waals surface area contributed by atoms with Crippen LogP contribution in [-0.2, 0) is 4.74 Å². The lowest BCUT2D eigenvalue weighted by Gasteiger charge is -2.34. The van der Waals surface area contributed by atoms with Gasteiger partial charge in [-0.25, -0.2) is 4.39 Å². The van der Waals surface area contributed by atoms with Gasteiger partial charge in [-0.2, -0.15) is 0 Å². The fourth-order valence-corrected chi connectivity index (χ4v) is 3.40. The number of benzene rings is 2. The van der Waals surface area contributed by atoms with Gasteiger partial charge in [0.1, 0.15) is 11.4 Å². The van der Waals surface area contributed by atoms with E-state index in [-0.39, 0.29) is 23.5 Å². The van der Waals surface area contributed by atoms with Gasteiger partial charge in [-0.1, -0.05) is 30.3 Å². The van der Waals surface area contributed by atoms with Crippen LogP contribution in [0.3, 0.4) is 0 Å². The van der Waals surface area contributed by atoms with Crippen LogP contribution in [0.1, 0.15) is 22.2 Å². The van der Waals surface area contributed by atoms with Gasteiger partial charge in [0.15, 0.2) is 5.76 Å². The van der Waals surface area contributed by atoms with E-state index >= 15 is 0 Å². The molecule has 1 aromatic heterocycles. The Labute approximate surface area is 156 Å². The first-order chi connectivity index (χ1) is 13.2. The van der Waals surface area contributed by atoms with Gasteiger partial charge in [0.25, 0.3) is 5.91 Å². The lowest BCUT2D eigenvalue weighted by Crippen LogP contribution is -2.43. The maximum atomic E-state index is 13.3. The van der Waals surface area contributed by atoms with E-state index in [0.717, 1.165) is 24.0 Å². The fourth-order valence-electron chi connectivity index (χ4n) is 3.40. The van der Waals surface area contributed by atoms with E-state index in [0.29, 0.717) is 25.3 Å². The summed E-state index contributed by atoms with van der Waals surface area (Å²) in [5.41, 5.74) is 1.65. The van der Waals surface area contributed by atoms with Crippen molar-refractivity contribution in [2.75, 3.05) is 32.8 Å². The van der Waals surface area contributed by atoms with Crippen molar-refractivity contribution in [3.63, 3.8) is 0 Å². The Bertz CT molecular complexity index is 884. The van der Waals surface area contributed by atoms with Crippen LogP contribution in [0.15, 0.2) is 59.0 Å². The molecule has 1 aliphatic rings. The number of fused-ring (bicyclic) bond motifs is 1. The van der Waals surface area contributed by atoms with Crippen molar-refractivity contribution in [3.05, 3.63) is 71.7 Å². The third-order valence-electron chi connectivity index (χ3n) is 4.85. The molecule has 1 aliphatic heterocycles. The maximum absolute atomic E-state index is 13.3. The highest BCUT2D eigenvalue weighted by Gasteiger charge is 2.24. The summed E-state index contributed by atoms with van der Waals surface area (Å²) in [6.45, 7) is 3.23. The second kappa shape index (κ2) is 7.90. The molecule has 2 aromatic carbocycles. The van der Waals surface area contributed by atoms with Gasteiger partial charge in [0, 0.05) is 25.0 Å². The quantitative estimate of drug-likeness (QED) is 0.750. The Morgan fingerprint density at radius 2 is 1.85 bits per heavy atom. The summed E-state index contributed by atoms with van der Waals surface area (Å²) in [5.74, 6) is -0.242. The minimum atomic E-state index is -0.272. The number of halogens is 1. The number of ether oxygens (including phenoxy) is 1. The Morgan fingerprint density at radius 1 is 1.11 bits per heavy atom. The van der Waals surface area contributed by atoms with Crippen molar-refractivity contribution in [3.8, 4) is 0 Å². The average Bonchev–Trinajstić information content (AvgIpc) is 3.14. The summed E-state index contributed by atoms with van der Waals surface area (Å²) in [7, 11) is 0. The molecule has 1 N–H and O–H groups in total.